The molecule has 1 aliphatic heterocycles. The normalized spacial score (nSPS) is 28.9. The van der Waals surface area contributed by atoms with Gasteiger partial charge in [-0.05, 0) is 24.7 Å². The molecule has 2 aliphatic rings. The molecule has 2 heterocycles. The quantitative estimate of drug-likeness (QED) is 0.718. The van der Waals surface area contributed by atoms with E-state index in [0.717, 1.165) is 30.7 Å². The van der Waals surface area contributed by atoms with Gasteiger partial charge in [0.1, 0.15) is 17.3 Å². The molecule has 1 saturated carbocycles. The van der Waals surface area contributed by atoms with Crippen molar-refractivity contribution in [2.75, 3.05) is 18.0 Å². The molecule has 0 spiro atoms. The van der Waals surface area contributed by atoms with Gasteiger partial charge in [-0.15, -0.1) is 0 Å². The number of halogens is 1. The van der Waals surface area contributed by atoms with Crippen LogP contribution in [-0.4, -0.2) is 23.1 Å². The minimum absolute atomic E-state index is 0.542. The zero-order valence-electron chi connectivity index (χ0n) is 9.98. The highest BCUT2D eigenvalue weighted by Gasteiger charge is 2.31. The molecular formula is C13H18ClN3. The fourth-order valence-electron chi connectivity index (χ4n) is 3.31. The van der Waals surface area contributed by atoms with Gasteiger partial charge in [0, 0.05) is 19.2 Å². The molecule has 4 heteroatoms. The van der Waals surface area contributed by atoms with Crippen molar-refractivity contribution in [1.82, 2.24) is 9.97 Å². The maximum atomic E-state index is 5.92. The van der Waals surface area contributed by atoms with Crippen LogP contribution in [0.15, 0.2) is 12.4 Å². The molecular weight excluding hydrogens is 234 g/mol. The van der Waals surface area contributed by atoms with Crippen molar-refractivity contribution < 1.29 is 0 Å². The van der Waals surface area contributed by atoms with Gasteiger partial charge in [0.15, 0.2) is 0 Å². The second kappa shape index (κ2) is 4.81. The first-order chi connectivity index (χ1) is 8.33. The molecule has 2 unspecified atom stereocenters. The largest absolute Gasteiger partial charge is 0.356 e. The van der Waals surface area contributed by atoms with Crippen molar-refractivity contribution in [3.05, 3.63) is 17.5 Å². The van der Waals surface area contributed by atoms with E-state index in [1.165, 1.54) is 32.1 Å². The Labute approximate surface area is 107 Å². The summed E-state index contributed by atoms with van der Waals surface area (Å²) >= 11 is 5.92. The van der Waals surface area contributed by atoms with Crippen molar-refractivity contribution >= 4 is 17.4 Å². The van der Waals surface area contributed by atoms with Crippen molar-refractivity contribution in [3.8, 4) is 0 Å². The Morgan fingerprint density at radius 3 is 2.76 bits per heavy atom. The molecule has 1 saturated heterocycles. The van der Waals surface area contributed by atoms with Crippen LogP contribution in [0.2, 0.25) is 5.15 Å². The second-order valence-corrected chi connectivity index (χ2v) is 5.63. The molecule has 3 nitrogen and oxygen atoms in total. The molecule has 2 fully saturated rings. The molecule has 1 aromatic rings. The van der Waals surface area contributed by atoms with Crippen LogP contribution in [0.4, 0.5) is 5.82 Å². The molecule has 0 amide bonds. The number of fused-ring (bicyclic) bond motifs is 1. The van der Waals surface area contributed by atoms with Crippen LogP contribution in [0, 0.1) is 11.8 Å². The molecule has 3 rings (SSSR count). The first kappa shape index (κ1) is 11.3. The lowest BCUT2D eigenvalue weighted by Crippen LogP contribution is -2.42. The van der Waals surface area contributed by atoms with Crippen LogP contribution >= 0.6 is 11.6 Å². The Morgan fingerprint density at radius 1 is 1.12 bits per heavy atom. The number of anilines is 1. The Morgan fingerprint density at radius 2 is 1.94 bits per heavy atom. The zero-order valence-corrected chi connectivity index (χ0v) is 10.7. The lowest BCUT2D eigenvalue weighted by Gasteiger charge is -2.41. The Hall–Kier alpha value is -0.830. The van der Waals surface area contributed by atoms with E-state index in [1.807, 2.05) is 6.07 Å². The van der Waals surface area contributed by atoms with Gasteiger partial charge < -0.3 is 4.90 Å². The second-order valence-electron chi connectivity index (χ2n) is 5.24. The summed E-state index contributed by atoms with van der Waals surface area (Å²) in [5, 5.41) is 0.542. The minimum atomic E-state index is 0.542. The molecule has 92 valence electrons. The topological polar surface area (TPSA) is 29.0 Å². The lowest BCUT2D eigenvalue weighted by atomic mass is 9.75. The summed E-state index contributed by atoms with van der Waals surface area (Å²) in [6, 6.07) is 1.88. The molecule has 17 heavy (non-hydrogen) atoms. The zero-order chi connectivity index (χ0) is 11.7. The monoisotopic (exact) mass is 251 g/mol. The standard InChI is InChI=1S/C13H18ClN3/c14-12-7-13(16-9-15-12)17-6-5-10-3-1-2-4-11(10)8-17/h7,9-11H,1-6,8H2. The van der Waals surface area contributed by atoms with Gasteiger partial charge in [0.25, 0.3) is 0 Å². The third-order valence-electron chi connectivity index (χ3n) is 4.23. The number of hydrogen-bond donors (Lipinski definition) is 0. The smallest absolute Gasteiger partial charge is 0.134 e. The van der Waals surface area contributed by atoms with Crippen LogP contribution in [0.25, 0.3) is 0 Å². The average molecular weight is 252 g/mol. The summed E-state index contributed by atoms with van der Waals surface area (Å²) < 4.78 is 0. The van der Waals surface area contributed by atoms with E-state index in [4.69, 9.17) is 11.6 Å². The summed E-state index contributed by atoms with van der Waals surface area (Å²) in [5.74, 6) is 2.82. The maximum absolute atomic E-state index is 5.92. The van der Waals surface area contributed by atoms with E-state index in [9.17, 15) is 0 Å². The lowest BCUT2D eigenvalue weighted by molar-refractivity contribution is 0.202. The van der Waals surface area contributed by atoms with Crippen molar-refractivity contribution in [3.63, 3.8) is 0 Å². The van der Waals surface area contributed by atoms with E-state index in [1.54, 1.807) is 6.33 Å². The number of rotatable bonds is 1. The molecule has 1 aliphatic carbocycles. The van der Waals surface area contributed by atoms with Crippen molar-refractivity contribution in [2.45, 2.75) is 32.1 Å². The highest BCUT2D eigenvalue weighted by molar-refractivity contribution is 6.29. The van der Waals surface area contributed by atoms with E-state index >= 15 is 0 Å². The molecule has 0 bridgehead atoms. The van der Waals surface area contributed by atoms with Crippen LogP contribution < -0.4 is 4.90 Å². The molecule has 0 N–H and O–H groups in total. The first-order valence-electron chi connectivity index (χ1n) is 6.55. The minimum Gasteiger partial charge on any atom is -0.356 e. The Balaban J connectivity index is 1.73. The van der Waals surface area contributed by atoms with Crippen LogP contribution in [0.1, 0.15) is 32.1 Å². The van der Waals surface area contributed by atoms with Crippen molar-refractivity contribution in [2.24, 2.45) is 11.8 Å². The average Bonchev–Trinajstić information content (AvgIpc) is 2.38. The van der Waals surface area contributed by atoms with Crippen LogP contribution in [0.5, 0.6) is 0 Å². The number of hydrogen-bond acceptors (Lipinski definition) is 3. The van der Waals surface area contributed by atoms with E-state index in [2.05, 4.69) is 14.9 Å². The van der Waals surface area contributed by atoms with Gasteiger partial charge >= 0.3 is 0 Å². The highest BCUT2D eigenvalue weighted by Crippen LogP contribution is 2.37. The first-order valence-corrected chi connectivity index (χ1v) is 6.93. The summed E-state index contributed by atoms with van der Waals surface area (Å²) in [7, 11) is 0. The van der Waals surface area contributed by atoms with Crippen LogP contribution in [-0.2, 0) is 0 Å². The summed E-state index contributed by atoms with van der Waals surface area (Å²) in [6.07, 6.45) is 8.53. The van der Waals surface area contributed by atoms with Gasteiger partial charge in [0.2, 0.25) is 0 Å². The highest BCUT2D eigenvalue weighted by atomic mass is 35.5. The van der Waals surface area contributed by atoms with Gasteiger partial charge in [0.05, 0.1) is 0 Å². The van der Waals surface area contributed by atoms with Crippen LogP contribution in [0.3, 0.4) is 0 Å². The van der Waals surface area contributed by atoms with Gasteiger partial charge in [-0.3, -0.25) is 0 Å². The maximum Gasteiger partial charge on any atom is 0.134 e. The van der Waals surface area contributed by atoms with Gasteiger partial charge in [-0.25, -0.2) is 9.97 Å². The summed E-state index contributed by atoms with van der Waals surface area (Å²) in [6.45, 7) is 2.27. The van der Waals surface area contributed by atoms with E-state index in [-0.39, 0.29) is 0 Å². The molecule has 0 radical (unpaired) electrons. The number of aromatic nitrogens is 2. The van der Waals surface area contributed by atoms with E-state index in [0.29, 0.717) is 5.15 Å². The predicted octanol–water partition coefficient (Wildman–Crippen LogP) is 3.15. The SMILES string of the molecule is Clc1cc(N2CCC3CCCCC3C2)ncn1. The Kier molecular flexibility index (Phi) is 3.19. The van der Waals surface area contributed by atoms with Gasteiger partial charge in [-0.2, -0.15) is 0 Å². The summed E-state index contributed by atoms with van der Waals surface area (Å²) in [5.41, 5.74) is 0. The summed E-state index contributed by atoms with van der Waals surface area (Å²) in [4.78, 5) is 10.7. The third kappa shape index (κ3) is 2.39. The molecule has 2 atom stereocenters. The van der Waals surface area contributed by atoms with E-state index < -0.39 is 0 Å². The van der Waals surface area contributed by atoms with Crippen molar-refractivity contribution in [1.29, 1.82) is 0 Å². The molecule has 1 aromatic heterocycles. The van der Waals surface area contributed by atoms with Gasteiger partial charge in [-0.1, -0.05) is 30.9 Å². The fourth-order valence-corrected chi connectivity index (χ4v) is 3.45. The number of piperidine rings is 1. The third-order valence-corrected chi connectivity index (χ3v) is 4.44. The fraction of sp³-hybridized carbons (Fsp3) is 0.692. The molecule has 0 aromatic carbocycles. The predicted molar refractivity (Wildman–Crippen MR) is 69.3 cm³/mol. The Bertz CT molecular complexity index is 396. The number of nitrogens with zero attached hydrogens (tertiary/aromatic N) is 3.